The van der Waals surface area contributed by atoms with Crippen molar-refractivity contribution >= 4 is 11.9 Å². The van der Waals surface area contributed by atoms with Gasteiger partial charge in [0.05, 0.1) is 6.54 Å². The Kier molecular flexibility index (Phi) is 3.95. The van der Waals surface area contributed by atoms with Crippen molar-refractivity contribution < 1.29 is 9.59 Å². The van der Waals surface area contributed by atoms with Crippen LogP contribution in [0.1, 0.15) is 45.4 Å². The molecule has 0 aromatic rings. The van der Waals surface area contributed by atoms with Gasteiger partial charge in [0.15, 0.2) is 0 Å². The molecule has 4 fully saturated rings. The van der Waals surface area contributed by atoms with Gasteiger partial charge in [0, 0.05) is 13.1 Å². The van der Waals surface area contributed by atoms with Gasteiger partial charge in [-0.15, -0.1) is 0 Å². The van der Waals surface area contributed by atoms with Crippen LogP contribution in [0, 0.1) is 23.2 Å². The Balaban J connectivity index is 1.54. The third-order valence-corrected chi connectivity index (χ3v) is 6.05. The number of rotatable bonds is 4. The Morgan fingerprint density at radius 1 is 1.10 bits per heavy atom. The summed E-state index contributed by atoms with van der Waals surface area (Å²) in [5, 5.41) is 8.08. The molecule has 4 aliphatic rings. The number of carbonyl (C=O) groups excluding carboxylic acids is 2. The van der Waals surface area contributed by atoms with Gasteiger partial charge in [0.25, 0.3) is 0 Å². The highest BCUT2D eigenvalue weighted by Crippen LogP contribution is 2.61. The standard InChI is InChI=1S/C16H27N3O2/c1-10(18-9-14(20)19-15(21)17-2)16-6-11-3-12(7-16)5-13(4-11)8-16/h10-13,18H,3-9H2,1-2H3,(H2,17,19,20,21). The molecule has 21 heavy (non-hydrogen) atoms. The van der Waals surface area contributed by atoms with E-state index >= 15 is 0 Å². The van der Waals surface area contributed by atoms with Gasteiger partial charge in [-0.1, -0.05) is 0 Å². The molecule has 0 heterocycles. The summed E-state index contributed by atoms with van der Waals surface area (Å²) in [6.45, 7) is 2.44. The molecule has 0 aliphatic heterocycles. The highest BCUT2D eigenvalue weighted by Gasteiger charge is 2.52. The third kappa shape index (κ3) is 2.93. The molecule has 4 aliphatic carbocycles. The van der Waals surface area contributed by atoms with Crippen molar-refractivity contribution in [2.24, 2.45) is 23.2 Å². The number of carbonyl (C=O) groups is 2. The lowest BCUT2D eigenvalue weighted by Gasteiger charge is -2.59. The van der Waals surface area contributed by atoms with Crippen LogP contribution in [0.5, 0.6) is 0 Å². The van der Waals surface area contributed by atoms with E-state index in [4.69, 9.17) is 0 Å². The molecule has 0 spiro atoms. The minimum absolute atomic E-state index is 0.219. The molecule has 4 bridgehead atoms. The fourth-order valence-corrected chi connectivity index (χ4v) is 5.40. The smallest absolute Gasteiger partial charge is 0.321 e. The molecule has 0 radical (unpaired) electrons. The number of urea groups is 1. The van der Waals surface area contributed by atoms with Crippen LogP contribution in [0.2, 0.25) is 0 Å². The summed E-state index contributed by atoms with van der Waals surface area (Å²) in [4.78, 5) is 22.8. The Morgan fingerprint density at radius 2 is 1.62 bits per heavy atom. The average Bonchev–Trinajstić information content (AvgIpc) is 2.43. The summed E-state index contributed by atoms with van der Waals surface area (Å²) in [6.07, 6.45) is 8.27. The summed E-state index contributed by atoms with van der Waals surface area (Å²) in [5.74, 6) is 2.49. The molecule has 5 nitrogen and oxygen atoms in total. The monoisotopic (exact) mass is 293 g/mol. The quantitative estimate of drug-likeness (QED) is 0.738. The lowest BCUT2D eigenvalue weighted by Crippen LogP contribution is -2.56. The number of nitrogens with one attached hydrogen (secondary N) is 3. The molecule has 4 saturated carbocycles. The molecule has 1 unspecified atom stereocenters. The van der Waals surface area contributed by atoms with Crippen molar-refractivity contribution in [3.05, 3.63) is 0 Å². The molecule has 0 aromatic heterocycles. The van der Waals surface area contributed by atoms with Gasteiger partial charge in [0.1, 0.15) is 0 Å². The van der Waals surface area contributed by atoms with E-state index in [1.54, 1.807) is 0 Å². The summed E-state index contributed by atoms with van der Waals surface area (Å²) >= 11 is 0. The van der Waals surface area contributed by atoms with Gasteiger partial charge in [-0.2, -0.15) is 0 Å². The second kappa shape index (κ2) is 5.59. The maximum absolute atomic E-state index is 11.7. The van der Waals surface area contributed by atoms with Crippen LogP contribution in [0.3, 0.4) is 0 Å². The third-order valence-electron chi connectivity index (χ3n) is 6.05. The second-order valence-electron chi connectivity index (χ2n) is 7.51. The van der Waals surface area contributed by atoms with Crippen molar-refractivity contribution in [2.45, 2.75) is 51.5 Å². The van der Waals surface area contributed by atoms with Crippen molar-refractivity contribution in [1.82, 2.24) is 16.0 Å². The number of amides is 3. The van der Waals surface area contributed by atoms with Gasteiger partial charge in [-0.25, -0.2) is 4.79 Å². The fourth-order valence-electron chi connectivity index (χ4n) is 5.40. The predicted molar refractivity (Wildman–Crippen MR) is 80.7 cm³/mol. The lowest BCUT2D eigenvalue weighted by molar-refractivity contribution is -0.120. The van der Waals surface area contributed by atoms with E-state index in [-0.39, 0.29) is 12.5 Å². The molecule has 5 heteroatoms. The van der Waals surface area contributed by atoms with E-state index in [1.165, 1.54) is 45.6 Å². The zero-order valence-corrected chi connectivity index (χ0v) is 13.1. The van der Waals surface area contributed by atoms with Crippen LogP contribution < -0.4 is 16.0 Å². The van der Waals surface area contributed by atoms with E-state index < -0.39 is 6.03 Å². The molecule has 3 N–H and O–H groups in total. The lowest BCUT2D eigenvalue weighted by atomic mass is 9.48. The summed E-state index contributed by atoms with van der Waals surface area (Å²) < 4.78 is 0. The van der Waals surface area contributed by atoms with E-state index in [0.717, 1.165) is 17.8 Å². The van der Waals surface area contributed by atoms with Gasteiger partial charge >= 0.3 is 6.03 Å². The molecule has 0 aromatic carbocycles. The molecule has 118 valence electrons. The van der Waals surface area contributed by atoms with Crippen LogP contribution in [0.15, 0.2) is 0 Å². The Labute approximate surface area is 126 Å². The second-order valence-corrected chi connectivity index (χ2v) is 7.51. The summed E-state index contributed by atoms with van der Waals surface area (Å²) in [5.41, 5.74) is 0.391. The predicted octanol–water partition coefficient (Wildman–Crippen LogP) is 1.64. The van der Waals surface area contributed by atoms with Crippen LogP contribution in [0.4, 0.5) is 4.79 Å². The van der Waals surface area contributed by atoms with Crippen molar-refractivity contribution in [3.63, 3.8) is 0 Å². The minimum Gasteiger partial charge on any atom is -0.341 e. The fraction of sp³-hybridized carbons (Fsp3) is 0.875. The van der Waals surface area contributed by atoms with Gasteiger partial charge < -0.3 is 10.6 Å². The maximum atomic E-state index is 11.7. The van der Waals surface area contributed by atoms with E-state index in [1.807, 2.05) is 0 Å². The SMILES string of the molecule is CNC(=O)NC(=O)CNC(C)C12CC3CC(CC(C3)C1)C2. The maximum Gasteiger partial charge on any atom is 0.321 e. The summed E-state index contributed by atoms with van der Waals surface area (Å²) in [6, 6.07) is -0.0920. The Hall–Kier alpha value is -1.10. The number of hydrogen-bond acceptors (Lipinski definition) is 3. The van der Waals surface area contributed by atoms with Crippen molar-refractivity contribution in [3.8, 4) is 0 Å². The average molecular weight is 293 g/mol. The number of imide groups is 1. The van der Waals surface area contributed by atoms with E-state index in [9.17, 15) is 9.59 Å². The van der Waals surface area contributed by atoms with Gasteiger partial charge in [-0.3, -0.25) is 10.1 Å². The first kappa shape index (κ1) is 14.8. The molecule has 4 rings (SSSR count). The Morgan fingerprint density at radius 3 is 2.10 bits per heavy atom. The van der Waals surface area contributed by atoms with Gasteiger partial charge in [-0.05, 0) is 68.6 Å². The Bertz CT molecular complexity index is 400. The largest absolute Gasteiger partial charge is 0.341 e. The first-order valence-corrected chi connectivity index (χ1v) is 8.25. The first-order chi connectivity index (χ1) is 10.0. The minimum atomic E-state index is -0.441. The highest BCUT2D eigenvalue weighted by atomic mass is 16.2. The topological polar surface area (TPSA) is 70.2 Å². The van der Waals surface area contributed by atoms with E-state index in [0.29, 0.717) is 11.5 Å². The number of hydrogen-bond donors (Lipinski definition) is 3. The molecule has 1 atom stereocenters. The highest BCUT2D eigenvalue weighted by molar-refractivity contribution is 5.95. The van der Waals surface area contributed by atoms with Crippen molar-refractivity contribution in [1.29, 1.82) is 0 Å². The van der Waals surface area contributed by atoms with Crippen molar-refractivity contribution in [2.75, 3.05) is 13.6 Å². The molecule has 0 saturated heterocycles. The zero-order valence-electron chi connectivity index (χ0n) is 13.1. The van der Waals surface area contributed by atoms with Crippen LogP contribution in [0.25, 0.3) is 0 Å². The first-order valence-electron chi connectivity index (χ1n) is 8.25. The molecular weight excluding hydrogens is 266 g/mol. The normalized spacial score (nSPS) is 38.1. The van der Waals surface area contributed by atoms with Gasteiger partial charge in [0.2, 0.25) is 5.91 Å². The van der Waals surface area contributed by atoms with Crippen LogP contribution in [-0.2, 0) is 4.79 Å². The van der Waals surface area contributed by atoms with E-state index in [2.05, 4.69) is 22.9 Å². The molecular formula is C16H27N3O2. The summed E-state index contributed by atoms with van der Waals surface area (Å²) in [7, 11) is 1.51. The van der Waals surface area contributed by atoms with Crippen LogP contribution in [-0.4, -0.2) is 31.6 Å². The van der Waals surface area contributed by atoms with Crippen LogP contribution >= 0.6 is 0 Å². The molecule has 3 amide bonds. The zero-order chi connectivity index (χ0) is 15.0.